The predicted octanol–water partition coefficient (Wildman–Crippen LogP) is 0.265. The number of amides is 1. The molecular formula is C10H21BN2O3. The van der Waals surface area contributed by atoms with E-state index in [1.54, 1.807) is 13.9 Å². The Morgan fingerprint density at radius 2 is 2.00 bits per heavy atom. The fraction of sp³-hybridized carbons (Fsp3) is 0.900. The Hall–Kier alpha value is -0.585. The Morgan fingerprint density at radius 1 is 1.44 bits per heavy atom. The van der Waals surface area contributed by atoms with Crippen molar-refractivity contribution in [2.75, 3.05) is 14.2 Å². The van der Waals surface area contributed by atoms with Crippen molar-refractivity contribution in [1.29, 1.82) is 0 Å². The smallest absolute Gasteiger partial charge is 0.373 e. The van der Waals surface area contributed by atoms with Crippen molar-refractivity contribution < 1.29 is 14.7 Å². The molecule has 0 aromatic carbocycles. The molecule has 1 amide bonds. The van der Waals surface area contributed by atoms with E-state index in [9.17, 15) is 9.82 Å². The predicted molar refractivity (Wildman–Crippen MR) is 62.5 cm³/mol. The number of rotatable bonds is 4. The van der Waals surface area contributed by atoms with Crippen molar-refractivity contribution in [3.05, 3.63) is 0 Å². The van der Waals surface area contributed by atoms with Crippen molar-refractivity contribution in [3.63, 3.8) is 0 Å². The molecule has 92 valence electrons. The highest BCUT2D eigenvalue weighted by Crippen LogP contribution is 2.25. The van der Waals surface area contributed by atoms with Gasteiger partial charge in [-0.1, -0.05) is 0 Å². The summed E-state index contributed by atoms with van der Waals surface area (Å²) < 4.78 is 0. The van der Waals surface area contributed by atoms with Gasteiger partial charge in [0.2, 0.25) is 5.91 Å². The van der Waals surface area contributed by atoms with E-state index in [4.69, 9.17) is 4.84 Å². The van der Waals surface area contributed by atoms with Crippen LogP contribution in [0.1, 0.15) is 25.7 Å². The van der Waals surface area contributed by atoms with Crippen LogP contribution in [-0.4, -0.2) is 43.2 Å². The molecule has 0 radical (unpaired) electrons. The third-order valence-corrected chi connectivity index (χ3v) is 3.14. The molecule has 1 saturated carbocycles. The second kappa shape index (κ2) is 6.22. The molecule has 0 saturated heterocycles. The van der Waals surface area contributed by atoms with Crippen LogP contribution in [0.25, 0.3) is 0 Å². The van der Waals surface area contributed by atoms with E-state index in [1.165, 1.54) is 12.2 Å². The number of nitrogens with one attached hydrogen (secondary N) is 1. The van der Waals surface area contributed by atoms with Gasteiger partial charge in [-0.3, -0.25) is 9.63 Å². The zero-order valence-corrected chi connectivity index (χ0v) is 10.3. The fourth-order valence-corrected chi connectivity index (χ4v) is 2.20. The third kappa shape index (κ3) is 3.77. The Morgan fingerprint density at radius 3 is 2.44 bits per heavy atom. The zero-order chi connectivity index (χ0) is 12.1. The summed E-state index contributed by atoms with van der Waals surface area (Å²) in [5, 5.41) is 13.6. The molecule has 0 spiro atoms. The minimum atomic E-state index is -0.473. The van der Waals surface area contributed by atoms with Crippen LogP contribution >= 0.6 is 0 Å². The highest BCUT2D eigenvalue weighted by atomic mass is 16.7. The van der Waals surface area contributed by atoms with Crippen molar-refractivity contribution >= 4 is 13.0 Å². The van der Waals surface area contributed by atoms with E-state index in [0.29, 0.717) is 6.04 Å². The van der Waals surface area contributed by atoms with E-state index in [2.05, 4.69) is 5.23 Å². The summed E-state index contributed by atoms with van der Waals surface area (Å²) >= 11 is 0. The molecule has 0 unspecified atom stereocenters. The summed E-state index contributed by atoms with van der Waals surface area (Å²) in [7, 11) is 2.67. The molecule has 0 atom stereocenters. The lowest BCUT2D eigenvalue weighted by Gasteiger charge is -2.30. The first-order chi connectivity index (χ1) is 7.54. The molecule has 0 bridgehead atoms. The van der Waals surface area contributed by atoms with Gasteiger partial charge in [-0.25, -0.2) is 5.06 Å². The lowest BCUT2D eigenvalue weighted by molar-refractivity contribution is -0.174. The van der Waals surface area contributed by atoms with Crippen molar-refractivity contribution in [2.45, 2.75) is 38.5 Å². The van der Waals surface area contributed by atoms with Crippen molar-refractivity contribution in [1.82, 2.24) is 10.3 Å². The van der Waals surface area contributed by atoms with Gasteiger partial charge < -0.3 is 10.3 Å². The van der Waals surface area contributed by atoms with E-state index in [-0.39, 0.29) is 11.8 Å². The van der Waals surface area contributed by atoms with Crippen LogP contribution in [0.5, 0.6) is 0 Å². The molecule has 0 aromatic heterocycles. The molecule has 1 fully saturated rings. The molecule has 1 aliphatic carbocycles. The molecule has 0 aliphatic heterocycles. The number of nitrogens with zero attached hydrogens (tertiary/aromatic N) is 1. The van der Waals surface area contributed by atoms with Gasteiger partial charge in [0.05, 0.1) is 7.11 Å². The molecular weight excluding hydrogens is 207 g/mol. The molecule has 6 heteroatoms. The fourth-order valence-electron chi connectivity index (χ4n) is 2.20. The van der Waals surface area contributed by atoms with E-state index >= 15 is 0 Å². The topological polar surface area (TPSA) is 61.8 Å². The maximum Gasteiger partial charge on any atom is 0.373 e. The number of hydrogen-bond donors (Lipinski definition) is 2. The van der Waals surface area contributed by atoms with Crippen molar-refractivity contribution in [2.24, 2.45) is 5.92 Å². The maximum atomic E-state index is 11.8. The summed E-state index contributed by atoms with van der Waals surface area (Å²) in [5.41, 5.74) is 0. The van der Waals surface area contributed by atoms with Gasteiger partial charge in [0.15, 0.2) is 0 Å². The highest BCUT2D eigenvalue weighted by Gasteiger charge is 2.28. The maximum absolute atomic E-state index is 11.8. The van der Waals surface area contributed by atoms with E-state index in [1.807, 2.05) is 0 Å². The molecule has 1 aliphatic rings. The van der Waals surface area contributed by atoms with Gasteiger partial charge in [0.25, 0.3) is 0 Å². The average Bonchev–Trinajstić information content (AvgIpc) is 2.27. The lowest BCUT2D eigenvalue weighted by atomic mass is 9.80. The quantitative estimate of drug-likeness (QED) is 0.535. The molecule has 0 aromatic rings. The largest absolute Gasteiger partial charge is 0.437 e. The van der Waals surface area contributed by atoms with Crippen LogP contribution < -0.4 is 5.23 Å². The van der Waals surface area contributed by atoms with Gasteiger partial charge in [-0.15, -0.1) is 0 Å². The van der Waals surface area contributed by atoms with Gasteiger partial charge in [-0.2, -0.15) is 0 Å². The van der Waals surface area contributed by atoms with Gasteiger partial charge >= 0.3 is 7.05 Å². The molecule has 0 heterocycles. The zero-order valence-electron chi connectivity index (χ0n) is 10.3. The molecule has 5 nitrogen and oxygen atoms in total. The Kier molecular flexibility index (Phi) is 5.24. The minimum absolute atomic E-state index is 0.0537. The Bertz CT molecular complexity index is 230. The summed E-state index contributed by atoms with van der Waals surface area (Å²) in [5.74, 6) is 0.120. The van der Waals surface area contributed by atoms with Gasteiger partial charge in [-0.05, 0) is 38.5 Å². The number of hydrogen-bond acceptors (Lipinski definition) is 4. The van der Waals surface area contributed by atoms with E-state index < -0.39 is 7.05 Å². The third-order valence-electron chi connectivity index (χ3n) is 3.14. The number of carbonyl (C=O) groups excluding carboxylic acids is 1. The van der Waals surface area contributed by atoms with Gasteiger partial charge in [0, 0.05) is 13.0 Å². The second-order valence-corrected chi connectivity index (χ2v) is 4.41. The molecule has 1 rings (SSSR count). The first-order valence-electron chi connectivity index (χ1n) is 5.80. The summed E-state index contributed by atoms with van der Waals surface area (Å²) in [6, 6.07) is 0.330. The minimum Gasteiger partial charge on any atom is -0.437 e. The monoisotopic (exact) mass is 228 g/mol. The molecule has 16 heavy (non-hydrogen) atoms. The Balaban J connectivity index is 2.34. The first kappa shape index (κ1) is 13.5. The van der Waals surface area contributed by atoms with Crippen molar-refractivity contribution in [3.8, 4) is 0 Å². The van der Waals surface area contributed by atoms with Crippen LogP contribution in [-0.2, 0) is 9.63 Å². The van der Waals surface area contributed by atoms with Crippen LogP contribution in [0.2, 0.25) is 6.82 Å². The summed E-state index contributed by atoms with van der Waals surface area (Å²) in [4.78, 5) is 16.7. The highest BCUT2D eigenvalue weighted by molar-refractivity contribution is 6.45. The van der Waals surface area contributed by atoms with Crippen LogP contribution in [0, 0.1) is 5.92 Å². The van der Waals surface area contributed by atoms with Crippen LogP contribution in [0.15, 0.2) is 0 Å². The van der Waals surface area contributed by atoms with Crippen LogP contribution in [0.4, 0.5) is 0 Å². The molecule has 2 N–H and O–H groups in total. The summed E-state index contributed by atoms with van der Waals surface area (Å²) in [6.07, 6.45) is 3.57. The Labute approximate surface area is 97.2 Å². The second-order valence-electron chi connectivity index (χ2n) is 4.41. The van der Waals surface area contributed by atoms with Crippen LogP contribution in [0.3, 0.4) is 0 Å². The normalized spacial score (nSPS) is 25.2. The number of hydroxylamine groups is 2. The average molecular weight is 228 g/mol. The summed E-state index contributed by atoms with van der Waals surface area (Å²) in [6.45, 7) is 1.72. The van der Waals surface area contributed by atoms with E-state index in [0.717, 1.165) is 25.7 Å². The van der Waals surface area contributed by atoms with Gasteiger partial charge in [0.1, 0.15) is 0 Å². The lowest BCUT2D eigenvalue weighted by Crippen LogP contribution is -2.44. The number of carbonyl (C=O) groups is 1. The standard InChI is InChI=1S/C10H21BN2O3/c1-11(15)12-9-6-4-8(5-7-9)10(14)13(2)16-3/h8-9,12,15H,4-7H2,1-3H3/t8-,9-. The first-order valence-corrected chi connectivity index (χ1v) is 5.80. The SMILES string of the molecule is CON(C)C(=O)[C@H]1CC[C@H](NB(C)O)CC1.